The maximum absolute atomic E-state index is 11.2. The van der Waals surface area contributed by atoms with Gasteiger partial charge in [0.15, 0.2) is 6.10 Å². The zero-order valence-corrected chi connectivity index (χ0v) is 9.75. The Hall–Kier alpha value is -1.66. The fourth-order valence-corrected chi connectivity index (χ4v) is 1.27. The van der Waals surface area contributed by atoms with Gasteiger partial charge in [0.1, 0.15) is 6.10 Å². The first-order valence-electron chi connectivity index (χ1n) is 5.23. The molecular formula is C11H16N2O4. The molecule has 1 aromatic heterocycles. The Morgan fingerprint density at radius 1 is 1.53 bits per heavy atom. The number of hydrogen-bond donors (Lipinski definition) is 3. The molecule has 0 bridgehead atoms. The number of ether oxygens (including phenoxy) is 1. The Balaban J connectivity index is 2.84. The molecule has 2 unspecified atom stereocenters. The second-order valence-electron chi connectivity index (χ2n) is 3.55. The Labute approximate surface area is 99.0 Å². The van der Waals surface area contributed by atoms with Crippen LogP contribution in [0.2, 0.25) is 0 Å². The minimum atomic E-state index is -1.65. The lowest BCUT2D eigenvalue weighted by Crippen LogP contribution is -2.30. The quantitative estimate of drug-likeness (QED) is 0.636. The van der Waals surface area contributed by atoms with Crippen LogP contribution in [0.4, 0.5) is 5.69 Å². The molecule has 17 heavy (non-hydrogen) atoms. The van der Waals surface area contributed by atoms with Gasteiger partial charge < -0.3 is 20.7 Å². The number of aliphatic hydroxyl groups is 2. The molecule has 1 aromatic rings. The highest BCUT2D eigenvalue weighted by atomic mass is 16.5. The minimum Gasteiger partial charge on any atom is -0.464 e. The maximum Gasteiger partial charge on any atom is 0.338 e. The number of anilines is 1. The molecule has 0 aliphatic carbocycles. The van der Waals surface area contributed by atoms with E-state index in [1.54, 1.807) is 19.9 Å². The number of nitrogens with zero attached hydrogens (tertiary/aromatic N) is 1. The van der Waals surface area contributed by atoms with Crippen molar-refractivity contribution in [1.29, 1.82) is 0 Å². The lowest BCUT2D eigenvalue weighted by Gasteiger charge is -2.16. The van der Waals surface area contributed by atoms with Crippen LogP contribution < -0.4 is 5.73 Å². The summed E-state index contributed by atoms with van der Waals surface area (Å²) in [7, 11) is 0. The Morgan fingerprint density at radius 2 is 2.18 bits per heavy atom. The molecule has 0 spiro atoms. The Bertz CT molecular complexity index is 408. The van der Waals surface area contributed by atoms with Crippen molar-refractivity contribution in [2.45, 2.75) is 26.1 Å². The number of carbonyl (C=O) groups excluding carboxylic acids is 1. The summed E-state index contributed by atoms with van der Waals surface area (Å²) in [5.74, 6) is -0.878. The predicted molar refractivity (Wildman–Crippen MR) is 61.0 cm³/mol. The number of rotatable bonds is 4. The first-order valence-corrected chi connectivity index (χ1v) is 5.23. The van der Waals surface area contributed by atoms with Crippen molar-refractivity contribution < 1.29 is 19.7 Å². The maximum atomic E-state index is 11.2. The Morgan fingerprint density at radius 3 is 2.71 bits per heavy atom. The van der Waals surface area contributed by atoms with Gasteiger partial charge in [0, 0.05) is 0 Å². The van der Waals surface area contributed by atoms with Crippen molar-refractivity contribution >= 4 is 11.7 Å². The summed E-state index contributed by atoms with van der Waals surface area (Å²) >= 11 is 0. The summed E-state index contributed by atoms with van der Waals surface area (Å²) < 4.78 is 4.60. The number of aliphatic hydroxyl groups excluding tert-OH is 2. The Kier molecular flexibility index (Phi) is 4.42. The van der Waals surface area contributed by atoms with Crippen molar-refractivity contribution in [2.75, 3.05) is 12.3 Å². The number of aryl methyl sites for hydroxylation is 1. The summed E-state index contributed by atoms with van der Waals surface area (Å²) in [6, 6.07) is 3.01. The summed E-state index contributed by atoms with van der Waals surface area (Å²) in [5, 5.41) is 19.3. The monoisotopic (exact) mass is 240 g/mol. The molecule has 0 saturated carbocycles. The molecule has 0 aliphatic heterocycles. The average molecular weight is 240 g/mol. The third-order valence-electron chi connectivity index (χ3n) is 2.28. The number of aromatic nitrogens is 1. The summed E-state index contributed by atoms with van der Waals surface area (Å²) in [6.45, 7) is 3.42. The lowest BCUT2D eigenvalue weighted by molar-refractivity contribution is -0.159. The largest absolute Gasteiger partial charge is 0.464 e. The number of nitrogens with two attached hydrogens (primary N) is 1. The van der Waals surface area contributed by atoms with Gasteiger partial charge in [-0.3, -0.25) is 4.98 Å². The molecule has 2 atom stereocenters. The predicted octanol–water partition coefficient (Wildman–Crippen LogP) is -0.0704. The average Bonchev–Trinajstić information content (AvgIpc) is 2.31. The molecule has 4 N–H and O–H groups in total. The number of nitrogen functional groups attached to an aromatic ring is 1. The van der Waals surface area contributed by atoms with E-state index >= 15 is 0 Å². The number of esters is 1. The number of carbonyl (C=O) groups is 1. The normalized spacial score (nSPS) is 14.1. The van der Waals surface area contributed by atoms with E-state index in [0.717, 1.165) is 0 Å². The van der Waals surface area contributed by atoms with E-state index in [2.05, 4.69) is 9.72 Å². The van der Waals surface area contributed by atoms with Gasteiger partial charge in [0.25, 0.3) is 0 Å². The van der Waals surface area contributed by atoms with Gasteiger partial charge in [-0.2, -0.15) is 0 Å². The van der Waals surface area contributed by atoms with E-state index in [1.165, 1.54) is 6.07 Å². The van der Waals surface area contributed by atoms with Crippen molar-refractivity contribution in [3.8, 4) is 0 Å². The molecule has 1 heterocycles. The van der Waals surface area contributed by atoms with Gasteiger partial charge in [-0.1, -0.05) is 0 Å². The fraction of sp³-hybridized carbons (Fsp3) is 0.455. The molecule has 0 radical (unpaired) electrons. The topological polar surface area (TPSA) is 106 Å². The molecule has 1 rings (SSSR count). The third-order valence-corrected chi connectivity index (χ3v) is 2.28. The van der Waals surface area contributed by atoms with Crippen LogP contribution in [0.1, 0.15) is 24.4 Å². The molecule has 6 heteroatoms. The van der Waals surface area contributed by atoms with E-state index in [4.69, 9.17) is 5.73 Å². The van der Waals surface area contributed by atoms with Crippen LogP contribution in [0.5, 0.6) is 0 Å². The lowest BCUT2D eigenvalue weighted by atomic mass is 10.1. The highest BCUT2D eigenvalue weighted by Crippen LogP contribution is 2.18. The van der Waals surface area contributed by atoms with Crippen LogP contribution in [-0.2, 0) is 9.53 Å². The van der Waals surface area contributed by atoms with Crippen LogP contribution in [0.15, 0.2) is 12.1 Å². The summed E-state index contributed by atoms with van der Waals surface area (Å²) in [4.78, 5) is 15.2. The van der Waals surface area contributed by atoms with Crippen molar-refractivity contribution in [3.05, 3.63) is 23.5 Å². The van der Waals surface area contributed by atoms with E-state index in [0.29, 0.717) is 11.4 Å². The highest BCUT2D eigenvalue weighted by Gasteiger charge is 2.28. The van der Waals surface area contributed by atoms with E-state index in [-0.39, 0.29) is 12.3 Å². The van der Waals surface area contributed by atoms with Crippen LogP contribution in [0.3, 0.4) is 0 Å². The van der Waals surface area contributed by atoms with Gasteiger partial charge in [0.05, 0.1) is 23.7 Å². The van der Waals surface area contributed by atoms with Crippen LogP contribution >= 0.6 is 0 Å². The summed E-state index contributed by atoms with van der Waals surface area (Å²) in [5.41, 5.74) is 6.76. The summed E-state index contributed by atoms with van der Waals surface area (Å²) in [6.07, 6.45) is -3.07. The second-order valence-corrected chi connectivity index (χ2v) is 3.55. The van der Waals surface area contributed by atoms with E-state index in [9.17, 15) is 15.0 Å². The molecular weight excluding hydrogens is 224 g/mol. The van der Waals surface area contributed by atoms with Crippen LogP contribution in [-0.4, -0.2) is 33.9 Å². The standard InChI is InChI=1S/C11H16N2O4/c1-3-17-11(16)10(15)9(14)8-5-4-7(12)6(2)13-8/h4-5,9-10,14-15H,3,12H2,1-2H3. The smallest absolute Gasteiger partial charge is 0.338 e. The van der Waals surface area contributed by atoms with Crippen LogP contribution in [0.25, 0.3) is 0 Å². The van der Waals surface area contributed by atoms with Gasteiger partial charge in [-0.15, -0.1) is 0 Å². The first-order chi connectivity index (χ1) is 7.97. The van der Waals surface area contributed by atoms with Crippen molar-refractivity contribution in [3.63, 3.8) is 0 Å². The van der Waals surface area contributed by atoms with Gasteiger partial charge in [-0.05, 0) is 26.0 Å². The molecule has 0 amide bonds. The minimum absolute atomic E-state index is 0.136. The number of pyridine rings is 1. The van der Waals surface area contributed by atoms with Crippen molar-refractivity contribution in [1.82, 2.24) is 4.98 Å². The highest BCUT2D eigenvalue weighted by molar-refractivity contribution is 5.75. The zero-order chi connectivity index (χ0) is 13.0. The fourth-order valence-electron chi connectivity index (χ4n) is 1.27. The second kappa shape index (κ2) is 5.60. The zero-order valence-electron chi connectivity index (χ0n) is 9.75. The first kappa shape index (κ1) is 13.4. The third kappa shape index (κ3) is 3.15. The molecule has 0 aliphatic rings. The van der Waals surface area contributed by atoms with Crippen LogP contribution in [0, 0.1) is 6.92 Å². The van der Waals surface area contributed by atoms with Gasteiger partial charge in [0.2, 0.25) is 0 Å². The molecule has 0 fully saturated rings. The van der Waals surface area contributed by atoms with Gasteiger partial charge >= 0.3 is 5.97 Å². The van der Waals surface area contributed by atoms with E-state index < -0.39 is 18.2 Å². The molecule has 94 valence electrons. The van der Waals surface area contributed by atoms with Crippen molar-refractivity contribution in [2.24, 2.45) is 0 Å². The number of hydrogen-bond acceptors (Lipinski definition) is 6. The SMILES string of the molecule is CCOC(=O)C(O)C(O)c1ccc(N)c(C)n1. The molecule has 0 aromatic carbocycles. The van der Waals surface area contributed by atoms with Gasteiger partial charge in [-0.25, -0.2) is 4.79 Å². The molecule has 6 nitrogen and oxygen atoms in total. The molecule has 0 saturated heterocycles. The van der Waals surface area contributed by atoms with E-state index in [1.807, 2.05) is 0 Å².